The summed E-state index contributed by atoms with van der Waals surface area (Å²) in [6, 6.07) is 3.23. The van der Waals surface area contributed by atoms with Crippen LogP contribution in [0.4, 0.5) is 0 Å². The molecule has 0 unspecified atom stereocenters. The predicted octanol–water partition coefficient (Wildman–Crippen LogP) is 1.40. The van der Waals surface area contributed by atoms with E-state index in [1.807, 2.05) is 0 Å². The molecule has 0 amide bonds. The number of nitrogens with two attached hydrogens (primary N) is 1. The Kier molecular flexibility index (Phi) is 6.60. The van der Waals surface area contributed by atoms with Gasteiger partial charge in [0.25, 0.3) is 0 Å². The number of quaternary nitrogens is 1. The van der Waals surface area contributed by atoms with E-state index in [4.69, 9.17) is 4.74 Å². The normalized spacial score (nSPS) is 11.9. The molecule has 19 heavy (non-hydrogen) atoms. The fourth-order valence-corrected chi connectivity index (χ4v) is 1.54. The molecule has 0 radical (unpaired) electrons. The van der Waals surface area contributed by atoms with Gasteiger partial charge in [-0.05, 0) is 18.6 Å². The van der Waals surface area contributed by atoms with Crippen molar-refractivity contribution in [3.05, 3.63) is 42.8 Å². The molecule has 5 nitrogen and oxygen atoms in total. The number of carbonyl (C=O) groups excluding carboxylic acids is 1. The molecule has 0 saturated heterocycles. The van der Waals surface area contributed by atoms with Gasteiger partial charge in [-0.15, -0.1) is 7.05 Å². The highest BCUT2D eigenvalue weighted by atomic mass is 16.5. The molecule has 0 aliphatic carbocycles. The zero-order valence-corrected chi connectivity index (χ0v) is 11.1. The van der Waals surface area contributed by atoms with Crippen LogP contribution >= 0.6 is 0 Å². The van der Waals surface area contributed by atoms with Crippen LogP contribution in [-0.4, -0.2) is 22.7 Å². The molecule has 0 aromatic carbocycles. The Balaban J connectivity index is 2.73. The van der Waals surface area contributed by atoms with Gasteiger partial charge in [0.15, 0.2) is 5.76 Å². The Morgan fingerprint density at radius 1 is 1.42 bits per heavy atom. The second-order valence-electron chi connectivity index (χ2n) is 4.05. The number of carbonyl (C=O) groups is 1. The molecule has 0 atom stereocenters. The summed E-state index contributed by atoms with van der Waals surface area (Å²) in [5.41, 5.74) is 0.582. The monoisotopic (exact) mass is 264 g/mol. The summed E-state index contributed by atoms with van der Waals surface area (Å²) in [5, 5.41) is 11.3. The summed E-state index contributed by atoms with van der Waals surface area (Å²) in [4.78, 5) is 15.7. The lowest BCUT2D eigenvalue weighted by Crippen LogP contribution is -2.77. The van der Waals surface area contributed by atoms with E-state index in [2.05, 4.69) is 19.0 Å². The van der Waals surface area contributed by atoms with Crippen molar-refractivity contribution in [2.75, 3.05) is 6.61 Å². The largest absolute Gasteiger partial charge is 0.502 e. The number of pyridine rings is 1. The molecule has 3 N–H and O–H groups in total. The zero-order valence-electron chi connectivity index (χ0n) is 11.1. The van der Waals surface area contributed by atoms with Crippen molar-refractivity contribution in [3.8, 4) is 0 Å². The Bertz CT molecular complexity index is 430. The maximum Gasteiger partial charge on any atom is 0.394 e. The lowest BCUT2D eigenvalue weighted by atomic mass is 10.2. The first-order valence-corrected chi connectivity index (χ1v) is 6.33. The highest BCUT2D eigenvalue weighted by Crippen LogP contribution is 2.12. The minimum Gasteiger partial charge on any atom is -0.502 e. The Hall–Kier alpha value is -1.88. The van der Waals surface area contributed by atoms with Crippen LogP contribution < -0.4 is 5.32 Å². The van der Waals surface area contributed by atoms with Crippen LogP contribution in [0.15, 0.2) is 30.2 Å². The van der Waals surface area contributed by atoms with Crippen LogP contribution in [0, 0.1) is 7.05 Å². The number of esters is 1. The fourth-order valence-electron chi connectivity index (χ4n) is 1.54. The standard InChI is InChI=1S/C14H20N2O3/c1-3-4-5-10-19-14(18)12(15-2)13(17)11-6-8-16-9-7-11/h6-9,17H,2-5,10,15H2,1H3/b13-12+. The lowest BCUT2D eigenvalue weighted by molar-refractivity contribution is -0.538. The molecule has 0 spiro atoms. The third-order valence-electron chi connectivity index (χ3n) is 2.61. The molecule has 104 valence electrons. The van der Waals surface area contributed by atoms with Gasteiger partial charge in [-0.25, -0.2) is 4.79 Å². The van der Waals surface area contributed by atoms with Gasteiger partial charge in [-0.1, -0.05) is 19.8 Å². The summed E-state index contributed by atoms with van der Waals surface area (Å²) in [6.07, 6.45) is 5.97. The van der Waals surface area contributed by atoms with Gasteiger partial charge in [0.05, 0.1) is 6.61 Å². The molecule has 1 aromatic heterocycles. The fraction of sp³-hybridized carbons (Fsp3) is 0.357. The molecule has 0 aliphatic heterocycles. The Morgan fingerprint density at radius 2 is 2.11 bits per heavy atom. The maximum atomic E-state index is 11.8. The van der Waals surface area contributed by atoms with E-state index < -0.39 is 5.97 Å². The number of aliphatic hydroxyl groups excluding tert-OH is 1. The number of unbranched alkanes of at least 4 members (excludes halogenated alkanes) is 2. The van der Waals surface area contributed by atoms with E-state index in [-0.39, 0.29) is 11.5 Å². The van der Waals surface area contributed by atoms with E-state index in [1.165, 1.54) is 5.32 Å². The van der Waals surface area contributed by atoms with Crippen LogP contribution in [-0.2, 0) is 9.53 Å². The summed E-state index contributed by atoms with van der Waals surface area (Å²) < 4.78 is 5.10. The van der Waals surface area contributed by atoms with Crippen molar-refractivity contribution in [2.24, 2.45) is 0 Å². The second kappa shape index (κ2) is 8.26. The average molecular weight is 264 g/mol. The number of aliphatic hydroxyl groups is 1. The van der Waals surface area contributed by atoms with Gasteiger partial charge in [0, 0.05) is 18.0 Å². The van der Waals surface area contributed by atoms with E-state index in [9.17, 15) is 9.90 Å². The van der Waals surface area contributed by atoms with Crippen LogP contribution in [0.1, 0.15) is 31.7 Å². The van der Waals surface area contributed by atoms with Gasteiger partial charge in [0.2, 0.25) is 5.70 Å². The molecule has 0 saturated carbocycles. The summed E-state index contributed by atoms with van der Waals surface area (Å²) >= 11 is 0. The minimum absolute atomic E-state index is 0.0719. The quantitative estimate of drug-likeness (QED) is 0.256. The van der Waals surface area contributed by atoms with Crippen molar-refractivity contribution < 1.29 is 20.0 Å². The van der Waals surface area contributed by atoms with E-state index in [0.717, 1.165) is 19.3 Å². The number of hydrogen-bond acceptors (Lipinski definition) is 4. The van der Waals surface area contributed by atoms with Gasteiger partial charge < -0.3 is 15.2 Å². The topological polar surface area (TPSA) is 76.0 Å². The summed E-state index contributed by atoms with van der Waals surface area (Å²) in [6.45, 7) is 2.43. The SMILES string of the molecule is [CH2-][NH2+]/C(C(=O)OCCCCC)=C(/O)c1ccncc1. The molecular weight excluding hydrogens is 244 g/mol. The van der Waals surface area contributed by atoms with Crippen LogP contribution in [0.5, 0.6) is 0 Å². The Morgan fingerprint density at radius 3 is 2.68 bits per heavy atom. The number of nitrogens with zero attached hydrogens (tertiary/aromatic N) is 1. The van der Waals surface area contributed by atoms with E-state index in [0.29, 0.717) is 12.2 Å². The highest BCUT2D eigenvalue weighted by Gasteiger charge is 2.19. The van der Waals surface area contributed by atoms with E-state index >= 15 is 0 Å². The van der Waals surface area contributed by atoms with Gasteiger partial charge in [-0.3, -0.25) is 4.98 Å². The molecule has 5 heteroatoms. The van der Waals surface area contributed by atoms with Crippen LogP contribution in [0.25, 0.3) is 5.76 Å². The minimum atomic E-state index is -0.555. The highest BCUT2D eigenvalue weighted by molar-refractivity contribution is 5.92. The van der Waals surface area contributed by atoms with Crippen LogP contribution in [0.3, 0.4) is 0 Å². The number of hydrogen-bond donors (Lipinski definition) is 2. The van der Waals surface area contributed by atoms with Crippen molar-refractivity contribution in [3.63, 3.8) is 0 Å². The number of ether oxygens (including phenoxy) is 1. The number of aromatic nitrogens is 1. The number of rotatable bonds is 7. The Labute approximate surface area is 113 Å². The smallest absolute Gasteiger partial charge is 0.394 e. The zero-order chi connectivity index (χ0) is 14.1. The first kappa shape index (κ1) is 15.2. The first-order chi connectivity index (χ1) is 9.20. The van der Waals surface area contributed by atoms with Crippen LogP contribution in [0.2, 0.25) is 0 Å². The van der Waals surface area contributed by atoms with Crippen molar-refractivity contribution in [1.29, 1.82) is 0 Å². The third-order valence-corrected chi connectivity index (χ3v) is 2.61. The molecule has 1 aromatic rings. The lowest BCUT2D eigenvalue weighted by Gasteiger charge is -2.09. The molecule has 1 heterocycles. The maximum absolute atomic E-state index is 11.8. The van der Waals surface area contributed by atoms with E-state index in [1.54, 1.807) is 24.5 Å². The van der Waals surface area contributed by atoms with Gasteiger partial charge in [0.1, 0.15) is 0 Å². The predicted molar refractivity (Wildman–Crippen MR) is 71.6 cm³/mol. The van der Waals surface area contributed by atoms with Gasteiger partial charge >= 0.3 is 5.97 Å². The molecule has 0 aliphatic rings. The average Bonchev–Trinajstić information content (AvgIpc) is 2.45. The summed E-state index contributed by atoms with van der Waals surface area (Å²) in [7, 11) is 3.54. The molecule has 1 rings (SSSR count). The molecular formula is C14H20N2O3. The van der Waals surface area contributed by atoms with Crippen molar-refractivity contribution >= 4 is 11.7 Å². The first-order valence-electron chi connectivity index (χ1n) is 6.33. The van der Waals surface area contributed by atoms with Crippen molar-refractivity contribution in [1.82, 2.24) is 4.98 Å². The summed E-state index contributed by atoms with van der Waals surface area (Å²) in [5.74, 6) is -0.696. The second-order valence-corrected chi connectivity index (χ2v) is 4.05. The molecule has 0 fully saturated rings. The molecule has 0 bridgehead atoms. The van der Waals surface area contributed by atoms with Crippen molar-refractivity contribution in [2.45, 2.75) is 26.2 Å². The van der Waals surface area contributed by atoms with Gasteiger partial charge in [-0.2, -0.15) is 0 Å². The third kappa shape index (κ3) is 4.71.